The fourth-order valence-electron chi connectivity index (χ4n) is 1.19. The molecule has 0 aliphatic rings. The van der Waals surface area contributed by atoms with Crippen LogP contribution in [0.1, 0.15) is 18.9 Å². The summed E-state index contributed by atoms with van der Waals surface area (Å²) in [5, 5.41) is 4.07. The molecule has 0 saturated carbocycles. The molecule has 0 spiro atoms. The van der Waals surface area contributed by atoms with Crippen LogP contribution in [0.3, 0.4) is 0 Å². The largest absolute Gasteiger partial charge is 0.309 e. The van der Waals surface area contributed by atoms with Gasteiger partial charge in [0.2, 0.25) is 0 Å². The van der Waals surface area contributed by atoms with Crippen LogP contribution in [0.2, 0.25) is 5.02 Å². The van der Waals surface area contributed by atoms with Crippen LogP contribution in [0.25, 0.3) is 0 Å². The van der Waals surface area contributed by atoms with Crippen molar-refractivity contribution >= 4 is 27.5 Å². The molecule has 0 aliphatic heterocycles. The van der Waals surface area contributed by atoms with Crippen LogP contribution in [0.15, 0.2) is 22.7 Å². The molecule has 1 aromatic rings. The molecule has 80 valence electrons. The number of benzene rings is 1. The van der Waals surface area contributed by atoms with E-state index in [4.69, 9.17) is 18.0 Å². The third-order valence-corrected chi connectivity index (χ3v) is 3.30. The van der Waals surface area contributed by atoms with Crippen LogP contribution < -0.4 is 5.32 Å². The number of terminal acetylenes is 1. The number of hydrogen-bond acceptors (Lipinski definition) is 1. The maximum atomic E-state index is 5.98. The first-order valence-corrected chi connectivity index (χ1v) is 5.91. The lowest BCUT2D eigenvalue weighted by Gasteiger charge is -2.11. The monoisotopic (exact) mass is 285 g/mol. The molecule has 1 atom stereocenters. The second-order valence-electron chi connectivity index (χ2n) is 3.44. The predicted molar refractivity (Wildman–Crippen MR) is 68.9 cm³/mol. The van der Waals surface area contributed by atoms with Crippen LogP contribution in [0, 0.1) is 12.3 Å². The van der Waals surface area contributed by atoms with Gasteiger partial charge in [-0.15, -0.1) is 12.3 Å². The van der Waals surface area contributed by atoms with Crippen molar-refractivity contribution in [2.45, 2.75) is 25.9 Å². The van der Waals surface area contributed by atoms with E-state index in [-0.39, 0.29) is 0 Å². The molecule has 3 heteroatoms. The third kappa shape index (κ3) is 4.25. The van der Waals surface area contributed by atoms with E-state index in [1.165, 1.54) is 0 Å². The first-order valence-electron chi connectivity index (χ1n) is 4.74. The molecule has 1 N–H and O–H groups in total. The van der Waals surface area contributed by atoms with Gasteiger partial charge >= 0.3 is 0 Å². The quantitative estimate of drug-likeness (QED) is 0.834. The number of hydrogen-bond donors (Lipinski definition) is 1. The van der Waals surface area contributed by atoms with Gasteiger partial charge in [-0.1, -0.05) is 17.7 Å². The molecule has 0 aliphatic carbocycles. The molecule has 0 radical (unpaired) electrons. The number of nitrogens with one attached hydrogen (secondary N) is 1. The van der Waals surface area contributed by atoms with Gasteiger partial charge in [-0.2, -0.15) is 0 Å². The van der Waals surface area contributed by atoms with Gasteiger partial charge in [0.25, 0.3) is 0 Å². The first-order chi connectivity index (χ1) is 7.13. The maximum Gasteiger partial charge on any atom is 0.0551 e. The average Bonchev–Trinajstić information content (AvgIpc) is 2.20. The van der Waals surface area contributed by atoms with Gasteiger partial charge in [0.1, 0.15) is 0 Å². The fourth-order valence-corrected chi connectivity index (χ4v) is 1.64. The normalized spacial score (nSPS) is 12.1. The van der Waals surface area contributed by atoms with Crippen molar-refractivity contribution in [2.75, 3.05) is 0 Å². The summed E-state index contributed by atoms with van der Waals surface area (Å²) in [6.45, 7) is 2.86. The molecule has 1 unspecified atom stereocenters. The summed E-state index contributed by atoms with van der Waals surface area (Å²) in [5.74, 6) is 2.63. The van der Waals surface area contributed by atoms with Crippen LogP contribution in [-0.4, -0.2) is 6.04 Å². The molecule has 0 amide bonds. The molecule has 1 rings (SSSR count). The van der Waals surface area contributed by atoms with Crippen molar-refractivity contribution in [3.05, 3.63) is 33.3 Å². The zero-order chi connectivity index (χ0) is 11.3. The molecule has 1 nitrogen and oxygen atoms in total. The minimum absolute atomic E-state index is 0.331. The highest BCUT2D eigenvalue weighted by atomic mass is 79.9. The van der Waals surface area contributed by atoms with E-state index in [0.717, 1.165) is 28.0 Å². The van der Waals surface area contributed by atoms with Crippen molar-refractivity contribution in [3.63, 3.8) is 0 Å². The first kappa shape index (κ1) is 12.6. The van der Waals surface area contributed by atoms with Gasteiger partial charge in [-0.05, 0) is 40.5 Å². The Hall–Kier alpha value is -0.490. The van der Waals surface area contributed by atoms with E-state index in [0.29, 0.717) is 6.04 Å². The summed E-state index contributed by atoms with van der Waals surface area (Å²) in [6.07, 6.45) is 5.97. The molecule has 0 saturated heterocycles. The summed E-state index contributed by atoms with van der Waals surface area (Å²) in [7, 11) is 0. The van der Waals surface area contributed by atoms with Gasteiger partial charge in [-0.3, -0.25) is 0 Å². The lowest BCUT2D eigenvalue weighted by atomic mass is 10.2. The molecular weight excluding hydrogens is 273 g/mol. The van der Waals surface area contributed by atoms with E-state index in [2.05, 4.69) is 34.1 Å². The molecule has 1 aromatic carbocycles. The van der Waals surface area contributed by atoms with Crippen LogP contribution >= 0.6 is 27.5 Å². The molecule has 15 heavy (non-hydrogen) atoms. The summed E-state index contributed by atoms with van der Waals surface area (Å²) in [6, 6.07) is 6.26. The number of rotatable bonds is 4. The standard InChI is InChI=1S/C12H13BrClN/c1-3-4-9(2)15-8-10-5-6-11(13)12(14)7-10/h1,5-7,9,15H,4,8H2,2H3. The number of halogens is 2. The van der Waals surface area contributed by atoms with Crippen molar-refractivity contribution in [1.82, 2.24) is 5.32 Å². The highest BCUT2D eigenvalue weighted by Crippen LogP contribution is 2.23. The Labute approximate surface area is 104 Å². The Morgan fingerprint density at radius 2 is 2.33 bits per heavy atom. The van der Waals surface area contributed by atoms with Crippen molar-refractivity contribution < 1.29 is 0 Å². The Kier molecular flexibility index (Phi) is 5.17. The second kappa shape index (κ2) is 6.17. The van der Waals surface area contributed by atoms with Gasteiger partial charge in [0.05, 0.1) is 5.02 Å². The lowest BCUT2D eigenvalue weighted by Crippen LogP contribution is -2.24. The van der Waals surface area contributed by atoms with Gasteiger partial charge in [0, 0.05) is 23.5 Å². The van der Waals surface area contributed by atoms with Gasteiger partial charge in [0.15, 0.2) is 0 Å². The van der Waals surface area contributed by atoms with Gasteiger partial charge < -0.3 is 5.32 Å². The molecule has 0 heterocycles. The molecular formula is C12H13BrClN. The van der Waals surface area contributed by atoms with E-state index in [1.807, 2.05) is 18.2 Å². The van der Waals surface area contributed by atoms with Crippen LogP contribution in [0.5, 0.6) is 0 Å². The Morgan fingerprint density at radius 1 is 1.60 bits per heavy atom. The van der Waals surface area contributed by atoms with Crippen molar-refractivity contribution in [1.29, 1.82) is 0 Å². The SMILES string of the molecule is C#CCC(C)NCc1ccc(Br)c(Cl)c1. The maximum absolute atomic E-state index is 5.98. The van der Waals surface area contributed by atoms with E-state index < -0.39 is 0 Å². The predicted octanol–water partition coefficient (Wildman–Crippen LogP) is 3.60. The molecule has 0 fully saturated rings. The molecule has 0 bridgehead atoms. The smallest absolute Gasteiger partial charge is 0.0551 e. The summed E-state index contributed by atoms with van der Waals surface area (Å²) in [5.41, 5.74) is 1.16. The molecule has 0 aromatic heterocycles. The Balaban J connectivity index is 2.51. The summed E-state index contributed by atoms with van der Waals surface area (Å²) < 4.78 is 0.921. The van der Waals surface area contributed by atoms with Crippen LogP contribution in [0.4, 0.5) is 0 Å². The summed E-state index contributed by atoms with van der Waals surface area (Å²) in [4.78, 5) is 0. The highest BCUT2D eigenvalue weighted by Gasteiger charge is 2.01. The van der Waals surface area contributed by atoms with E-state index >= 15 is 0 Å². The highest BCUT2D eigenvalue weighted by molar-refractivity contribution is 9.10. The topological polar surface area (TPSA) is 12.0 Å². The van der Waals surface area contributed by atoms with Gasteiger partial charge in [-0.25, -0.2) is 0 Å². The fraction of sp³-hybridized carbons (Fsp3) is 0.333. The van der Waals surface area contributed by atoms with Crippen molar-refractivity contribution in [3.8, 4) is 12.3 Å². The zero-order valence-electron chi connectivity index (χ0n) is 8.56. The lowest BCUT2D eigenvalue weighted by molar-refractivity contribution is 0.559. The Morgan fingerprint density at radius 3 is 2.93 bits per heavy atom. The average molecular weight is 287 g/mol. The third-order valence-electron chi connectivity index (χ3n) is 2.06. The van der Waals surface area contributed by atoms with E-state index in [9.17, 15) is 0 Å². The van der Waals surface area contributed by atoms with Crippen LogP contribution in [-0.2, 0) is 6.54 Å². The van der Waals surface area contributed by atoms with E-state index in [1.54, 1.807) is 0 Å². The van der Waals surface area contributed by atoms with Crippen molar-refractivity contribution in [2.24, 2.45) is 0 Å². The second-order valence-corrected chi connectivity index (χ2v) is 4.70. The summed E-state index contributed by atoms with van der Waals surface area (Å²) >= 11 is 9.34. The zero-order valence-corrected chi connectivity index (χ0v) is 10.9. The minimum Gasteiger partial charge on any atom is -0.309 e. The Bertz CT molecular complexity index is 370. The minimum atomic E-state index is 0.331.